The van der Waals surface area contributed by atoms with Gasteiger partial charge in [0.25, 0.3) is 5.91 Å². The number of para-hydroxylation sites is 2. The standard InChI is InChI=1S/C21H17N3O4S/c25-19-8-6-12-9-13(5-7-14(12)22-19)15-11-29-21(23-15)24-20(26)18-10-27-16-3-1-2-4-17(16)28-18/h1-5,7,9,11,18H,6,8,10H2,(H,22,25)(H,23,24,26)/t18-/m1/s1. The number of aryl methyl sites for hydroxylation is 1. The smallest absolute Gasteiger partial charge is 0.270 e. The van der Waals surface area contributed by atoms with E-state index < -0.39 is 6.10 Å². The minimum Gasteiger partial charge on any atom is -0.485 e. The van der Waals surface area contributed by atoms with Gasteiger partial charge < -0.3 is 14.8 Å². The third-order valence-corrected chi connectivity index (χ3v) is 5.59. The third-order valence-electron chi connectivity index (χ3n) is 4.83. The van der Waals surface area contributed by atoms with Crippen LogP contribution in [0.4, 0.5) is 10.8 Å². The van der Waals surface area contributed by atoms with Gasteiger partial charge in [-0.05, 0) is 36.2 Å². The Hall–Kier alpha value is -3.39. The van der Waals surface area contributed by atoms with Crippen LogP contribution >= 0.6 is 11.3 Å². The lowest BCUT2D eigenvalue weighted by atomic mass is 9.99. The van der Waals surface area contributed by atoms with Crippen molar-refractivity contribution in [1.29, 1.82) is 0 Å². The van der Waals surface area contributed by atoms with Crippen LogP contribution in [-0.4, -0.2) is 29.5 Å². The van der Waals surface area contributed by atoms with Crippen molar-refractivity contribution in [1.82, 2.24) is 4.98 Å². The largest absolute Gasteiger partial charge is 0.485 e. The Bertz CT molecular complexity index is 1110. The first kappa shape index (κ1) is 17.7. The lowest BCUT2D eigenvalue weighted by Crippen LogP contribution is -2.40. The molecule has 0 saturated carbocycles. The fourth-order valence-corrected chi connectivity index (χ4v) is 4.06. The summed E-state index contributed by atoms with van der Waals surface area (Å²) in [4.78, 5) is 28.6. The molecule has 3 heterocycles. The lowest BCUT2D eigenvalue weighted by Gasteiger charge is -2.25. The number of fused-ring (bicyclic) bond motifs is 2. The van der Waals surface area contributed by atoms with Crippen molar-refractivity contribution in [2.24, 2.45) is 0 Å². The molecule has 5 rings (SSSR count). The van der Waals surface area contributed by atoms with E-state index in [0.717, 1.165) is 22.5 Å². The Morgan fingerprint density at radius 1 is 1.17 bits per heavy atom. The number of hydrogen-bond donors (Lipinski definition) is 2. The summed E-state index contributed by atoms with van der Waals surface area (Å²) in [5, 5.41) is 8.07. The van der Waals surface area contributed by atoms with Crippen molar-refractivity contribution in [3.63, 3.8) is 0 Å². The highest BCUT2D eigenvalue weighted by Gasteiger charge is 2.28. The fourth-order valence-electron chi connectivity index (χ4n) is 3.34. The average molecular weight is 407 g/mol. The monoisotopic (exact) mass is 407 g/mol. The molecule has 146 valence electrons. The minimum atomic E-state index is -0.732. The molecule has 2 amide bonds. The molecule has 2 N–H and O–H groups in total. The number of thiazole rings is 1. The van der Waals surface area contributed by atoms with E-state index >= 15 is 0 Å². The van der Waals surface area contributed by atoms with E-state index in [1.807, 2.05) is 35.7 Å². The van der Waals surface area contributed by atoms with Gasteiger partial charge in [0, 0.05) is 23.1 Å². The van der Waals surface area contributed by atoms with Crippen molar-refractivity contribution in [3.05, 3.63) is 53.4 Å². The van der Waals surface area contributed by atoms with Crippen LogP contribution in [0.2, 0.25) is 0 Å². The van der Waals surface area contributed by atoms with Crippen LogP contribution in [0.5, 0.6) is 11.5 Å². The molecule has 2 aliphatic rings. The molecule has 0 saturated heterocycles. The second kappa shape index (κ2) is 7.21. The van der Waals surface area contributed by atoms with Crippen molar-refractivity contribution < 1.29 is 19.1 Å². The summed E-state index contributed by atoms with van der Waals surface area (Å²) in [6, 6.07) is 13.1. The zero-order valence-corrected chi connectivity index (χ0v) is 16.1. The van der Waals surface area contributed by atoms with Crippen LogP contribution < -0.4 is 20.1 Å². The number of ether oxygens (including phenoxy) is 2. The highest BCUT2D eigenvalue weighted by atomic mass is 32.1. The summed E-state index contributed by atoms with van der Waals surface area (Å²) in [5.74, 6) is 0.936. The van der Waals surface area contributed by atoms with E-state index in [1.165, 1.54) is 11.3 Å². The summed E-state index contributed by atoms with van der Waals surface area (Å²) in [7, 11) is 0. The molecule has 2 aromatic carbocycles. The maximum absolute atomic E-state index is 12.6. The van der Waals surface area contributed by atoms with E-state index in [1.54, 1.807) is 12.1 Å². The molecule has 0 aliphatic carbocycles. The van der Waals surface area contributed by atoms with Crippen LogP contribution in [0.1, 0.15) is 12.0 Å². The van der Waals surface area contributed by atoms with E-state index in [0.29, 0.717) is 29.5 Å². The minimum absolute atomic E-state index is 0.0421. The highest BCUT2D eigenvalue weighted by molar-refractivity contribution is 7.14. The second-order valence-corrected chi connectivity index (χ2v) is 7.67. The normalized spacial score (nSPS) is 17.2. The van der Waals surface area contributed by atoms with Crippen LogP contribution in [0.15, 0.2) is 47.8 Å². The molecule has 0 unspecified atom stereocenters. The van der Waals surface area contributed by atoms with Crippen LogP contribution in [0.3, 0.4) is 0 Å². The molecular weight excluding hydrogens is 390 g/mol. The molecule has 2 aliphatic heterocycles. The van der Waals surface area contributed by atoms with Gasteiger partial charge in [0.1, 0.15) is 6.61 Å². The third kappa shape index (κ3) is 3.54. The predicted octanol–water partition coefficient (Wildman–Crippen LogP) is 3.47. The van der Waals surface area contributed by atoms with Gasteiger partial charge in [-0.25, -0.2) is 4.98 Å². The Balaban J connectivity index is 1.28. The second-order valence-electron chi connectivity index (χ2n) is 6.81. The van der Waals surface area contributed by atoms with E-state index in [-0.39, 0.29) is 18.4 Å². The molecule has 0 fully saturated rings. The SMILES string of the molecule is O=C1CCc2cc(-c3csc(NC(=O)[C@H]4COc5ccccc5O4)n3)ccc2N1. The van der Waals surface area contributed by atoms with Gasteiger partial charge in [-0.2, -0.15) is 0 Å². The predicted molar refractivity (Wildman–Crippen MR) is 109 cm³/mol. The first-order valence-electron chi connectivity index (χ1n) is 9.24. The first-order chi connectivity index (χ1) is 14.2. The number of nitrogens with one attached hydrogen (secondary N) is 2. The van der Waals surface area contributed by atoms with Gasteiger partial charge in [0.15, 0.2) is 16.6 Å². The van der Waals surface area contributed by atoms with Gasteiger partial charge in [0.2, 0.25) is 12.0 Å². The molecule has 0 spiro atoms. The van der Waals surface area contributed by atoms with Gasteiger partial charge in [-0.15, -0.1) is 11.3 Å². The van der Waals surface area contributed by atoms with E-state index in [9.17, 15) is 9.59 Å². The Kier molecular flexibility index (Phi) is 4.40. The number of nitrogens with zero attached hydrogens (tertiary/aromatic N) is 1. The van der Waals surface area contributed by atoms with E-state index in [2.05, 4.69) is 15.6 Å². The quantitative estimate of drug-likeness (QED) is 0.694. The number of aromatic nitrogens is 1. The van der Waals surface area contributed by atoms with E-state index in [4.69, 9.17) is 9.47 Å². The molecule has 0 bridgehead atoms. The summed E-state index contributed by atoms with van der Waals surface area (Å²) in [5.41, 5.74) is 3.66. The zero-order valence-electron chi connectivity index (χ0n) is 15.3. The number of anilines is 2. The van der Waals surface area contributed by atoms with Gasteiger partial charge in [0.05, 0.1) is 5.69 Å². The fraction of sp³-hybridized carbons (Fsp3) is 0.190. The molecule has 8 heteroatoms. The van der Waals surface area contributed by atoms with Crippen LogP contribution in [0.25, 0.3) is 11.3 Å². The molecule has 3 aromatic rings. The topological polar surface area (TPSA) is 89.6 Å². The number of benzene rings is 2. The molecule has 7 nitrogen and oxygen atoms in total. The van der Waals surface area contributed by atoms with Crippen molar-refractivity contribution in [3.8, 4) is 22.8 Å². The van der Waals surface area contributed by atoms with Gasteiger partial charge in [-0.3, -0.25) is 14.9 Å². The van der Waals surface area contributed by atoms with Gasteiger partial charge >= 0.3 is 0 Å². The van der Waals surface area contributed by atoms with Crippen molar-refractivity contribution in [2.45, 2.75) is 18.9 Å². The van der Waals surface area contributed by atoms with Crippen molar-refractivity contribution in [2.75, 3.05) is 17.2 Å². The Morgan fingerprint density at radius 3 is 2.93 bits per heavy atom. The number of rotatable bonds is 3. The summed E-state index contributed by atoms with van der Waals surface area (Å²) >= 11 is 1.35. The Labute approximate surface area is 170 Å². The number of carbonyl (C=O) groups is 2. The zero-order chi connectivity index (χ0) is 19.8. The first-order valence-corrected chi connectivity index (χ1v) is 10.1. The van der Waals surface area contributed by atoms with Crippen LogP contribution in [-0.2, 0) is 16.0 Å². The maximum Gasteiger partial charge on any atom is 0.270 e. The lowest BCUT2D eigenvalue weighted by molar-refractivity contribution is -0.125. The number of amides is 2. The average Bonchev–Trinajstić information content (AvgIpc) is 3.21. The van der Waals surface area contributed by atoms with Crippen LogP contribution in [0, 0.1) is 0 Å². The number of carbonyl (C=O) groups excluding carboxylic acids is 2. The molecule has 0 radical (unpaired) electrons. The number of hydrogen-bond acceptors (Lipinski definition) is 6. The Morgan fingerprint density at radius 2 is 2.03 bits per heavy atom. The summed E-state index contributed by atoms with van der Waals surface area (Å²) < 4.78 is 11.3. The maximum atomic E-state index is 12.6. The molecular formula is C21H17N3O4S. The molecule has 1 atom stereocenters. The highest BCUT2D eigenvalue weighted by Crippen LogP contribution is 2.32. The molecule has 1 aromatic heterocycles. The van der Waals surface area contributed by atoms with Gasteiger partial charge in [-0.1, -0.05) is 18.2 Å². The van der Waals surface area contributed by atoms with Crippen molar-refractivity contribution >= 4 is 34.0 Å². The molecule has 29 heavy (non-hydrogen) atoms. The summed E-state index contributed by atoms with van der Waals surface area (Å²) in [6.07, 6.45) is 0.467. The summed E-state index contributed by atoms with van der Waals surface area (Å²) in [6.45, 7) is 0.150.